The van der Waals surface area contributed by atoms with E-state index in [1.807, 2.05) is 48.9 Å². The number of amides is 1. The summed E-state index contributed by atoms with van der Waals surface area (Å²) in [5, 5.41) is 15.6. The van der Waals surface area contributed by atoms with E-state index in [0.717, 1.165) is 29.1 Å². The third-order valence-electron chi connectivity index (χ3n) is 5.21. The normalized spacial score (nSPS) is 10.9. The summed E-state index contributed by atoms with van der Waals surface area (Å²) >= 11 is 0. The molecule has 4 aromatic rings. The lowest BCUT2D eigenvalue weighted by molar-refractivity contribution is -0.121. The predicted molar refractivity (Wildman–Crippen MR) is 122 cm³/mol. The van der Waals surface area contributed by atoms with Crippen LogP contribution in [0.2, 0.25) is 0 Å². The van der Waals surface area contributed by atoms with Gasteiger partial charge in [0.05, 0.1) is 11.4 Å². The van der Waals surface area contributed by atoms with Gasteiger partial charge >= 0.3 is 0 Å². The van der Waals surface area contributed by atoms with E-state index >= 15 is 0 Å². The highest BCUT2D eigenvalue weighted by molar-refractivity contribution is 5.75. The highest BCUT2D eigenvalue weighted by Gasteiger charge is 2.09. The van der Waals surface area contributed by atoms with Crippen molar-refractivity contribution >= 4 is 5.91 Å². The van der Waals surface area contributed by atoms with E-state index in [1.165, 1.54) is 5.56 Å². The first-order valence-electron chi connectivity index (χ1n) is 10.9. The number of carbonyl (C=O) groups excluding carboxylic acids is 1. The van der Waals surface area contributed by atoms with Crippen molar-refractivity contribution in [3.63, 3.8) is 0 Å². The molecule has 0 bridgehead atoms. The van der Waals surface area contributed by atoms with E-state index in [-0.39, 0.29) is 5.91 Å². The SMILES string of the molecule is Cc1cc(C)n(-c2ccc(CCNC(=O)CCCc3nnc(-c4ccccc4)o3)cc2)n1. The molecule has 1 amide bonds. The Bertz CT molecular complexity index is 1160. The van der Waals surface area contributed by atoms with Crippen molar-refractivity contribution in [3.8, 4) is 17.1 Å². The highest BCUT2D eigenvalue weighted by atomic mass is 16.4. The number of aromatic nitrogens is 4. The summed E-state index contributed by atoms with van der Waals surface area (Å²) in [6, 6.07) is 20.0. The molecule has 1 N–H and O–H groups in total. The highest BCUT2D eigenvalue weighted by Crippen LogP contribution is 2.18. The van der Waals surface area contributed by atoms with Gasteiger partial charge in [0.15, 0.2) is 0 Å². The minimum atomic E-state index is 0.0343. The molecule has 2 aromatic carbocycles. The van der Waals surface area contributed by atoms with Crippen LogP contribution in [-0.4, -0.2) is 32.4 Å². The fourth-order valence-corrected chi connectivity index (χ4v) is 3.58. The molecule has 0 aliphatic rings. The Morgan fingerprint density at radius 2 is 1.78 bits per heavy atom. The van der Waals surface area contributed by atoms with E-state index in [2.05, 4.69) is 50.9 Å². The Morgan fingerprint density at radius 1 is 1.00 bits per heavy atom. The summed E-state index contributed by atoms with van der Waals surface area (Å²) in [5.41, 5.74) is 5.23. The molecule has 0 fully saturated rings. The van der Waals surface area contributed by atoms with Gasteiger partial charge in [-0.3, -0.25) is 4.79 Å². The third kappa shape index (κ3) is 5.49. The van der Waals surface area contributed by atoms with Crippen LogP contribution in [0, 0.1) is 13.8 Å². The van der Waals surface area contributed by atoms with Gasteiger partial charge in [-0.25, -0.2) is 4.68 Å². The molecule has 0 aliphatic heterocycles. The van der Waals surface area contributed by atoms with Gasteiger partial charge in [0, 0.05) is 30.6 Å². The van der Waals surface area contributed by atoms with Crippen molar-refractivity contribution in [1.82, 2.24) is 25.3 Å². The molecule has 7 heteroatoms. The van der Waals surface area contributed by atoms with E-state index in [1.54, 1.807) is 0 Å². The maximum absolute atomic E-state index is 12.1. The molecule has 2 heterocycles. The number of nitrogens with one attached hydrogen (secondary N) is 1. The Morgan fingerprint density at radius 3 is 2.50 bits per heavy atom. The van der Waals surface area contributed by atoms with Crippen LogP contribution in [0.4, 0.5) is 0 Å². The molecular weight excluding hydrogens is 402 g/mol. The zero-order valence-corrected chi connectivity index (χ0v) is 18.4. The maximum atomic E-state index is 12.1. The fourth-order valence-electron chi connectivity index (χ4n) is 3.58. The molecule has 7 nitrogen and oxygen atoms in total. The van der Waals surface area contributed by atoms with Crippen molar-refractivity contribution in [1.29, 1.82) is 0 Å². The lowest BCUT2D eigenvalue weighted by atomic mass is 10.1. The largest absolute Gasteiger partial charge is 0.421 e. The first kappa shape index (κ1) is 21.5. The van der Waals surface area contributed by atoms with Gasteiger partial charge in [-0.15, -0.1) is 10.2 Å². The second kappa shape index (κ2) is 10.0. The second-order valence-electron chi connectivity index (χ2n) is 7.83. The Balaban J connectivity index is 1.17. The third-order valence-corrected chi connectivity index (χ3v) is 5.21. The second-order valence-corrected chi connectivity index (χ2v) is 7.83. The van der Waals surface area contributed by atoms with Crippen LogP contribution in [0.15, 0.2) is 65.1 Å². The molecular formula is C25H27N5O2. The van der Waals surface area contributed by atoms with Crippen LogP contribution in [0.3, 0.4) is 0 Å². The maximum Gasteiger partial charge on any atom is 0.247 e. The van der Waals surface area contributed by atoms with Crippen LogP contribution in [0.5, 0.6) is 0 Å². The molecule has 0 saturated carbocycles. The monoisotopic (exact) mass is 429 g/mol. The zero-order valence-electron chi connectivity index (χ0n) is 18.4. The topological polar surface area (TPSA) is 85.8 Å². The van der Waals surface area contributed by atoms with Crippen LogP contribution in [0.25, 0.3) is 17.1 Å². The van der Waals surface area contributed by atoms with Gasteiger partial charge in [0.25, 0.3) is 0 Å². The minimum Gasteiger partial charge on any atom is -0.421 e. The number of rotatable bonds is 9. The molecule has 0 radical (unpaired) electrons. The number of hydrogen-bond acceptors (Lipinski definition) is 5. The zero-order chi connectivity index (χ0) is 22.3. The van der Waals surface area contributed by atoms with Crippen molar-refractivity contribution in [3.05, 3.63) is 83.5 Å². The lowest BCUT2D eigenvalue weighted by Gasteiger charge is -2.07. The first-order chi connectivity index (χ1) is 15.6. The average molecular weight is 430 g/mol. The number of hydrogen-bond donors (Lipinski definition) is 1. The molecule has 0 aliphatic carbocycles. The smallest absolute Gasteiger partial charge is 0.247 e. The Hall–Kier alpha value is -3.74. The van der Waals surface area contributed by atoms with Crippen molar-refractivity contribution in [2.45, 2.75) is 39.5 Å². The van der Waals surface area contributed by atoms with Crippen LogP contribution in [-0.2, 0) is 17.6 Å². The van der Waals surface area contributed by atoms with E-state index in [9.17, 15) is 4.79 Å². The predicted octanol–water partition coefficient (Wildman–Crippen LogP) is 4.22. The molecule has 0 spiro atoms. The summed E-state index contributed by atoms with van der Waals surface area (Å²) in [5.74, 6) is 1.10. The fraction of sp³-hybridized carbons (Fsp3) is 0.280. The van der Waals surface area contributed by atoms with Gasteiger partial charge in [0.1, 0.15) is 0 Å². The number of nitrogens with zero attached hydrogens (tertiary/aromatic N) is 4. The van der Waals surface area contributed by atoms with Gasteiger partial charge in [-0.2, -0.15) is 5.10 Å². The number of carbonyl (C=O) groups is 1. The van der Waals surface area contributed by atoms with Gasteiger partial charge in [-0.1, -0.05) is 30.3 Å². The van der Waals surface area contributed by atoms with E-state index in [0.29, 0.717) is 37.6 Å². The first-order valence-corrected chi connectivity index (χ1v) is 10.9. The molecule has 164 valence electrons. The number of benzene rings is 2. The van der Waals surface area contributed by atoms with Crippen molar-refractivity contribution in [2.75, 3.05) is 6.54 Å². The summed E-state index contributed by atoms with van der Waals surface area (Å²) in [6.45, 7) is 4.64. The van der Waals surface area contributed by atoms with Crippen LogP contribution < -0.4 is 5.32 Å². The molecule has 2 aromatic heterocycles. The molecule has 0 atom stereocenters. The molecule has 0 saturated heterocycles. The quantitative estimate of drug-likeness (QED) is 0.431. The van der Waals surface area contributed by atoms with Crippen molar-refractivity contribution in [2.24, 2.45) is 0 Å². The number of aryl methyl sites for hydroxylation is 3. The van der Waals surface area contributed by atoms with Crippen LogP contribution >= 0.6 is 0 Å². The van der Waals surface area contributed by atoms with E-state index < -0.39 is 0 Å². The standard InChI is InChI=1S/C25H27N5O2/c1-18-17-19(2)30(29-18)22-13-11-20(12-14-22)15-16-26-23(31)9-6-10-24-27-28-25(32-24)21-7-4-3-5-8-21/h3-5,7-8,11-14,17H,6,9-10,15-16H2,1-2H3,(H,26,31). The molecule has 0 unspecified atom stereocenters. The minimum absolute atomic E-state index is 0.0343. The summed E-state index contributed by atoms with van der Waals surface area (Å²) in [7, 11) is 0. The summed E-state index contributed by atoms with van der Waals surface area (Å²) < 4.78 is 7.62. The molecule has 32 heavy (non-hydrogen) atoms. The molecule has 4 rings (SSSR count). The average Bonchev–Trinajstić information content (AvgIpc) is 3.41. The van der Waals surface area contributed by atoms with Gasteiger partial charge in [-0.05, 0) is 62.6 Å². The summed E-state index contributed by atoms with van der Waals surface area (Å²) in [6.07, 6.45) is 2.47. The summed E-state index contributed by atoms with van der Waals surface area (Å²) in [4.78, 5) is 12.1. The van der Waals surface area contributed by atoms with Gasteiger partial charge < -0.3 is 9.73 Å². The Kier molecular flexibility index (Phi) is 6.75. The Labute approximate surface area is 187 Å². The van der Waals surface area contributed by atoms with E-state index in [4.69, 9.17) is 4.42 Å². The van der Waals surface area contributed by atoms with Crippen molar-refractivity contribution < 1.29 is 9.21 Å². The van der Waals surface area contributed by atoms with Crippen LogP contribution in [0.1, 0.15) is 35.7 Å². The van der Waals surface area contributed by atoms with Gasteiger partial charge in [0.2, 0.25) is 17.7 Å². The lowest BCUT2D eigenvalue weighted by Crippen LogP contribution is -2.25.